The van der Waals surface area contributed by atoms with E-state index in [1.165, 1.54) is 16.7 Å². The van der Waals surface area contributed by atoms with Crippen LogP contribution in [0.2, 0.25) is 0 Å². The molecule has 2 aromatic rings. The largest absolute Gasteiger partial charge is 0.344 e. The summed E-state index contributed by atoms with van der Waals surface area (Å²) in [4.78, 5) is 17.0. The predicted molar refractivity (Wildman–Crippen MR) is 118 cm³/mol. The van der Waals surface area contributed by atoms with Crippen LogP contribution < -0.4 is 4.90 Å². The van der Waals surface area contributed by atoms with Gasteiger partial charge in [0.05, 0.1) is 29.2 Å². The summed E-state index contributed by atoms with van der Waals surface area (Å²) in [6, 6.07) is 17.1. The number of carbonyl (C=O) groups is 1. The Hall–Kier alpha value is -2.71. The van der Waals surface area contributed by atoms with Crippen molar-refractivity contribution in [3.05, 3.63) is 75.3 Å². The van der Waals surface area contributed by atoms with Crippen molar-refractivity contribution in [3.8, 4) is 6.07 Å². The molecule has 2 aliphatic heterocycles. The average Bonchev–Trinajstić information content (AvgIpc) is 2.75. The zero-order valence-electron chi connectivity index (χ0n) is 17.1. The number of allylic oxidation sites excluding steroid dienone is 1. The molecule has 4 rings (SSSR count). The number of amides is 1. The van der Waals surface area contributed by atoms with Crippen molar-refractivity contribution in [1.82, 2.24) is 4.90 Å². The number of fused-ring (bicyclic) bond motifs is 1. The van der Waals surface area contributed by atoms with Crippen molar-refractivity contribution in [1.29, 1.82) is 5.26 Å². The quantitative estimate of drug-likeness (QED) is 0.717. The van der Waals surface area contributed by atoms with Crippen molar-refractivity contribution >= 4 is 23.4 Å². The molecule has 0 spiro atoms. The fraction of sp³-hybridized carbons (Fsp3) is 0.333. The van der Waals surface area contributed by atoms with Gasteiger partial charge >= 0.3 is 0 Å². The third-order valence-corrected chi connectivity index (χ3v) is 7.09. The van der Waals surface area contributed by atoms with Crippen LogP contribution in [0, 0.1) is 25.2 Å². The molecule has 0 radical (unpaired) electrons. The lowest BCUT2D eigenvalue weighted by atomic mass is 9.86. The number of hydrogen-bond acceptors (Lipinski definition) is 4. The third kappa shape index (κ3) is 3.65. The normalized spacial score (nSPS) is 19.2. The second-order valence-electron chi connectivity index (χ2n) is 7.73. The van der Waals surface area contributed by atoms with Gasteiger partial charge in [0.15, 0.2) is 0 Å². The molecule has 2 heterocycles. The highest BCUT2D eigenvalue weighted by Gasteiger charge is 2.38. The van der Waals surface area contributed by atoms with Crippen molar-refractivity contribution in [2.75, 3.05) is 17.4 Å². The number of benzene rings is 2. The van der Waals surface area contributed by atoms with Gasteiger partial charge in [-0.05, 0) is 54.7 Å². The topological polar surface area (TPSA) is 47.3 Å². The van der Waals surface area contributed by atoms with Crippen LogP contribution in [-0.2, 0) is 11.2 Å². The molecule has 0 aromatic heterocycles. The zero-order valence-corrected chi connectivity index (χ0v) is 17.9. The van der Waals surface area contributed by atoms with Crippen LogP contribution in [0.15, 0.2) is 53.1 Å². The summed E-state index contributed by atoms with van der Waals surface area (Å²) in [5.41, 5.74) is 6.65. The molecule has 2 aromatic carbocycles. The van der Waals surface area contributed by atoms with E-state index in [9.17, 15) is 10.1 Å². The van der Waals surface area contributed by atoms with E-state index in [2.05, 4.69) is 74.2 Å². The first-order valence-corrected chi connectivity index (χ1v) is 11.0. The molecule has 148 valence electrons. The van der Waals surface area contributed by atoms with Crippen LogP contribution in [-0.4, -0.2) is 23.4 Å². The number of aryl methyl sites for hydroxylation is 3. The molecular weight excluding hydrogens is 378 g/mol. The maximum Gasteiger partial charge on any atom is 0.229 e. The maximum absolute atomic E-state index is 13.0. The molecule has 2 aliphatic rings. The Balaban J connectivity index is 1.64. The van der Waals surface area contributed by atoms with Crippen LogP contribution in [0.25, 0.3) is 0 Å². The van der Waals surface area contributed by atoms with E-state index in [1.54, 1.807) is 16.7 Å². The molecule has 0 N–H and O–H groups in total. The van der Waals surface area contributed by atoms with Crippen LogP contribution in [0.1, 0.15) is 41.5 Å². The second kappa shape index (κ2) is 7.96. The molecule has 1 atom stereocenters. The minimum atomic E-state index is -0.148. The lowest BCUT2D eigenvalue weighted by molar-refractivity contribution is -0.129. The van der Waals surface area contributed by atoms with E-state index in [0.29, 0.717) is 13.1 Å². The second-order valence-corrected chi connectivity index (χ2v) is 8.66. The van der Waals surface area contributed by atoms with Gasteiger partial charge < -0.3 is 4.90 Å². The number of carbonyl (C=O) groups excluding carboxylic acids is 1. The Kier molecular flexibility index (Phi) is 5.38. The first-order chi connectivity index (χ1) is 14.0. The van der Waals surface area contributed by atoms with Crippen molar-refractivity contribution in [2.45, 2.75) is 39.5 Å². The van der Waals surface area contributed by atoms with Gasteiger partial charge in [-0.2, -0.15) is 5.26 Å². The fourth-order valence-corrected chi connectivity index (χ4v) is 5.09. The Labute approximate surface area is 176 Å². The molecule has 1 amide bonds. The van der Waals surface area contributed by atoms with Crippen molar-refractivity contribution < 1.29 is 4.79 Å². The Morgan fingerprint density at radius 3 is 2.55 bits per heavy atom. The standard InChI is InChI=1S/C24H25N3OS/c1-4-18-6-8-19(9-7-18)21-12-23(28)27-14-26(15-29-24(27)22(21)13-25)20-10-5-16(2)17(3)11-20/h5-11,21H,4,12,14-15H2,1-3H3/t21-/m0/s1. The minimum Gasteiger partial charge on any atom is -0.344 e. The minimum absolute atomic E-state index is 0.0876. The molecule has 4 nitrogen and oxygen atoms in total. The molecule has 0 unspecified atom stereocenters. The van der Waals surface area contributed by atoms with Crippen LogP contribution >= 0.6 is 11.8 Å². The van der Waals surface area contributed by atoms with Gasteiger partial charge in [0.25, 0.3) is 0 Å². The molecule has 5 heteroatoms. The van der Waals surface area contributed by atoms with Crippen molar-refractivity contribution in [2.24, 2.45) is 0 Å². The van der Waals surface area contributed by atoms with E-state index >= 15 is 0 Å². The summed E-state index contributed by atoms with van der Waals surface area (Å²) in [5, 5.41) is 10.8. The lowest BCUT2D eigenvalue weighted by Gasteiger charge is -2.42. The number of hydrogen-bond donors (Lipinski definition) is 0. The average molecular weight is 404 g/mol. The Bertz CT molecular complexity index is 1020. The first-order valence-electron chi connectivity index (χ1n) is 10.00. The van der Waals surface area contributed by atoms with Gasteiger partial charge in [0.1, 0.15) is 0 Å². The molecule has 0 saturated carbocycles. The van der Waals surface area contributed by atoms with E-state index in [-0.39, 0.29) is 11.8 Å². The first kappa shape index (κ1) is 19.6. The predicted octanol–water partition coefficient (Wildman–Crippen LogP) is 5.09. The smallest absolute Gasteiger partial charge is 0.229 e. The lowest BCUT2D eigenvalue weighted by Crippen LogP contribution is -2.47. The maximum atomic E-state index is 13.0. The van der Waals surface area contributed by atoms with E-state index in [0.717, 1.165) is 34.2 Å². The Morgan fingerprint density at radius 1 is 1.14 bits per heavy atom. The number of anilines is 1. The van der Waals surface area contributed by atoms with Gasteiger partial charge in [0.2, 0.25) is 5.91 Å². The third-order valence-electron chi connectivity index (χ3n) is 5.94. The summed E-state index contributed by atoms with van der Waals surface area (Å²) in [7, 11) is 0. The molecule has 29 heavy (non-hydrogen) atoms. The van der Waals surface area contributed by atoms with Gasteiger partial charge in [0, 0.05) is 18.0 Å². The SMILES string of the molecule is CCc1ccc([C@@H]2CC(=O)N3CN(c4ccc(C)c(C)c4)CSC3=C2C#N)cc1. The van der Waals surface area contributed by atoms with Gasteiger partial charge in [-0.25, -0.2) is 0 Å². The van der Waals surface area contributed by atoms with E-state index in [4.69, 9.17) is 0 Å². The van der Waals surface area contributed by atoms with Gasteiger partial charge in [-0.3, -0.25) is 9.69 Å². The highest BCUT2D eigenvalue weighted by molar-refractivity contribution is 8.03. The van der Waals surface area contributed by atoms with Crippen LogP contribution in [0.5, 0.6) is 0 Å². The van der Waals surface area contributed by atoms with E-state index in [1.807, 2.05) is 0 Å². The molecular formula is C24H25N3OS. The van der Waals surface area contributed by atoms with Crippen LogP contribution in [0.3, 0.4) is 0 Å². The summed E-state index contributed by atoms with van der Waals surface area (Å²) in [6.07, 6.45) is 1.33. The van der Waals surface area contributed by atoms with Gasteiger partial charge in [-0.15, -0.1) is 0 Å². The number of nitriles is 1. The summed E-state index contributed by atoms with van der Waals surface area (Å²) >= 11 is 1.59. The molecule has 0 aliphatic carbocycles. The monoisotopic (exact) mass is 403 g/mol. The fourth-order valence-electron chi connectivity index (χ4n) is 3.92. The summed E-state index contributed by atoms with van der Waals surface area (Å²) < 4.78 is 0. The molecule has 1 fully saturated rings. The van der Waals surface area contributed by atoms with Crippen LogP contribution in [0.4, 0.5) is 5.69 Å². The zero-order chi connectivity index (χ0) is 20.5. The summed E-state index contributed by atoms with van der Waals surface area (Å²) in [6.45, 7) is 6.83. The molecule has 1 saturated heterocycles. The number of thioether (sulfide) groups is 1. The number of nitrogens with zero attached hydrogens (tertiary/aromatic N) is 3. The summed E-state index contributed by atoms with van der Waals surface area (Å²) in [5.74, 6) is 0.670. The highest BCUT2D eigenvalue weighted by Crippen LogP contribution is 2.43. The highest BCUT2D eigenvalue weighted by atomic mass is 32.2. The van der Waals surface area contributed by atoms with Gasteiger partial charge in [-0.1, -0.05) is 49.0 Å². The molecule has 0 bridgehead atoms. The van der Waals surface area contributed by atoms with Crippen molar-refractivity contribution in [3.63, 3.8) is 0 Å². The Morgan fingerprint density at radius 2 is 1.90 bits per heavy atom. The number of rotatable bonds is 3. The van der Waals surface area contributed by atoms with E-state index < -0.39 is 0 Å².